The van der Waals surface area contributed by atoms with E-state index in [2.05, 4.69) is 25.3 Å². The fraction of sp³-hybridized carbons (Fsp3) is 0.364. The molecule has 0 bridgehead atoms. The molecule has 0 aromatic carbocycles. The summed E-state index contributed by atoms with van der Waals surface area (Å²) >= 11 is 9.23. The van der Waals surface area contributed by atoms with Gasteiger partial charge < -0.3 is 0 Å². The molecule has 3 heteroatoms. The highest BCUT2D eigenvalue weighted by Gasteiger charge is 2.13. The molecule has 14 heavy (non-hydrogen) atoms. The fourth-order valence-electron chi connectivity index (χ4n) is 1.69. The molecule has 0 unspecified atom stereocenters. The van der Waals surface area contributed by atoms with E-state index in [-0.39, 0.29) is 0 Å². The number of thioether (sulfide) groups is 1. The lowest BCUT2D eigenvalue weighted by Crippen LogP contribution is -1.91. The molecule has 2 rings (SSSR count). The molecule has 0 N–H and O–H groups in total. The van der Waals surface area contributed by atoms with Gasteiger partial charge in [0.2, 0.25) is 0 Å². The molecule has 0 saturated heterocycles. The molecule has 0 radical (unpaired) electrons. The van der Waals surface area contributed by atoms with Crippen LogP contribution in [0, 0.1) is 4.51 Å². The first-order valence-electron chi connectivity index (χ1n) is 4.67. The van der Waals surface area contributed by atoms with E-state index in [9.17, 15) is 0 Å². The lowest BCUT2D eigenvalue weighted by Gasteiger charge is -2.08. The third kappa shape index (κ3) is 1.58. The minimum Gasteiger partial charge on any atom is -0.129 e. The van der Waals surface area contributed by atoms with Crippen molar-refractivity contribution in [3.8, 4) is 0 Å². The zero-order valence-corrected chi connectivity index (χ0v) is 10.7. The summed E-state index contributed by atoms with van der Waals surface area (Å²) < 4.78 is 2.50. The Morgan fingerprint density at radius 2 is 2.36 bits per heavy atom. The molecule has 0 aliphatic heterocycles. The summed E-state index contributed by atoms with van der Waals surface area (Å²) in [4.78, 5) is 1.37. The first-order chi connectivity index (χ1) is 6.77. The zero-order chi connectivity index (χ0) is 10.1. The van der Waals surface area contributed by atoms with Gasteiger partial charge in [0.25, 0.3) is 0 Å². The molecular weight excluding hydrogens is 228 g/mol. The smallest absolute Gasteiger partial charge is 0.0648 e. The number of hydrogen-bond donors (Lipinski definition) is 0. The van der Waals surface area contributed by atoms with E-state index in [0.717, 1.165) is 17.4 Å². The third-order valence-corrected chi connectivity index (χ3v) is 5.32. The van der Waals surface area contributed by atoms with Crippen LogP contribution >= 0.6 is 35.3 Å². The quantitative estimate of drug-likeness (QED) is 0.557. The minimum atomic E-state index is 1.03. The van der Waals surface area contributed by atoms with Crippen molar-refractivity contribution in [2.75, 3.05) is 6.26 Å². The van der Waals surface area contributed by atoms with Gasteiger partial charge in [-0.05, 0) is 36.3 Å². The largest absolute Gasteiger partial charge is 0.129 e. The Labute approximate surface area is 98.1 Å². The van der Waals surface area contributed by atoms with Crippen molar-refractivity contribution in [1.82, 2.24) is 0 Å². The van der Waals surface area contributed by atoms with Crippen molar-refractivity contribution < 1.29 is 0 Å². The molecule has 1 heterocycles. The SMILES string of the molecule is CCc1c(SC)sc2c(c1=S)CC=C2. The van der Waals surface area contributed by atoms with Crippen molar-refractivity contribution in [3.05, 3.63) is 26.6 Å². The molecule has 1 aliphatic carbocycles. The van der Waals surface area contributed by atoms with Gasteiger partial charge in [-0.1, -0.05) is 25.2 Å². The lowest BCUT2D eigenvalue weighted by atomic mass is 10.1. The average Bonchev–Trinajstić information content (AvgIpc) is 2.65. The molecule has 74 valence electrons. The summed E-state index contributed by atoms with van der Waals surface area (Å²) in [5.74, 6) is 0. The molecule has 0 fully saturated rings. The Hall–Kier alpha value is -0.120. The molecule has 1 aromatic rings. The maximum Gasteiger partial charge on any atom is 0.0648 e. The molecule has 1 aromatic heterocycles. The fourth-order valence-corrected chi connectivity index (χ4v) is 4.46. The zero-order valence-electron chi connectivity index (χ0n) is 8.29. The number of hydrogen-bond acceptors (Lipinski definition) is 3. The van der Waals surface area contributed by atoms with Crippen molar-refractivity contribution >= 4 is 41.4 Å². The summed E-state index contributed by atoms with van der Waals surface area (Å²) in [5, 5.41) is 0. The van der Waals surface area contributed by atoms with Gasteiger partial charge in [0.15, 0.2) is 0 Å². The van der Waals surface area contributed by atoms with Crippen LogP contribution in [0.1, 0.15) is 22.9 Å². The maximum atomic E-state index is 5.52. The van der Waals surface area contributed by atoms with Crippen molar-refractivity contribution in [2.45, 2.75) is 24.0 Å². The molecule has 0 spiro atoms. The topological polar surface area (TPSA) is 0 Å². The van der Waals surface area contributed by atoms with Crippen molar-refractivity contribution in [1.29, 1.82) is 0 Å². The van der Waals surface area contributed by atoms with E-state index in [0.29, 0.717) is 0 Å². The number of fused-ring (bicyclic) bond motifs is 1. The summed E-state index contributed by atoms with van der Waals surface area (Å²) in [7, 11) is 0. The summed E-state index contributed by atoms with van der Waals surface area (Å²) in [6.07, 6.45) is 8.63. The van der Waals surface area contributed by atoms with Gasteiger partial charge in [-0.25, -0.2) is 0 Å². The summed E-state index contributed by atoms with van der Waals surface area (Å²) in [5.41, 5.74) is 2.75. The van der Waals surface area contributed by atoms with E-state index < -0.39 is 0 Å². The van der Waals surface area contributed by atoms with Gasteiger partial charge in [0.05, 0.1) is 4.21 Å². The monoisotopic (exact) mass is 240 g/mol. The van der Waals surface area contributed by atoms with Crippen LogP contribution in [0.15, 0.2) is 10.3 Å². The molecule has 0 atom stereocenters. The maximum absolute atomic E-state index is 5.52. The first kappa shape index (κ1) is 10.4. The van der Waals surface area contributed by atoms with Gasteiger partial charge in [-0.15, -0.1) is 23.1 Å². The van der Waals surface area contributed by atoms with E-state index in [1.54, 1.807) is 0 Å². The highest BCUT2D eigenvalue weighted by Crippen LogP contribution is 2.35. The van der Waals surface area contributed by atoms with Gasteiger partial charge in [-0.3, -0.25) is 0 Å². The third-order valence-electron chi connectivity index (χ3n) is 2.42. The average molecular weight is 240 g/mol. The van der Waals surface area contributed by atoms with Crippen LogP contribution in [0.3, 0.4) is 0 Å². The number of allylic oxidation sites excluding steroid dienone is 1. The molecule has 0 amide bonds. The minimum absolute atomic E-state index is 1.03. The second kappa shape index (κ2) is 4.17. The highest BCUT2D eigenvalue weighted by atomic mass is 32.2. The van der Waals surface area contributed by atoms with E-state index in [1.165, 1.54) is 20.2 Å². The molecular formula is C11H12S3. The van der Waals surface area contributed by atoms with Crippen molar-refractivity contribution in [2.24, 2.45) is 0 Å². The highest BCUT2D eigenvalue weighted by molar-refractivity contribution is 8.00. The van der Waals surface area contributed by atoms with Crippen LogP contribution in [0.2, 0.25) is 0 Å². The van der Waals surface area contributed by atoms with Crippen LogP contribution in [-0.4, -0.2) is 6.26 Å². The van der Waals surface area contributed by atoms with Gasteiger partial charge in [0, 0.05) is 9.39 Å². The molecule has 1 aliphatic rings. The normalized spacial score (nSPS) is 13.3. The standard InChI is InChI=1S/C11H12S3/c1-3-7-10(12)8-5-4-6-9(8)14-11(7)13-2/h4,6H,3,5H2,1-2H3. The number of rotatable bonds is 2. The Balaban J connectivity index is 2.70. The van der Waals surface area contributed by atoms with Crippen LogP contribution < -0.4 is 0 Å². The summed E-state index contributed by atoms with van der Waals surface area (Å²) in [6.45, 7) is 2.19. The molecule has 0 nitrogen and oxygen atoms in total. The second-order valence-corrected chi connectivity index (χ2v) is 5.74. The van der Waals surface area contributed by atoms with E-state index in [4.69, 9.17) is 12.2 Å². The van der Waals surface area contributed by atoms with Crippen LogP contribution in [0.5, 0.6) is 0 Å². The second-order valence-electron chi connectivity index (χ2n) is 3.20. The Morgan fingerprint density at radius 1 is 1.57 bits per heavy atom. The Kier molecular flexibility index (Phi) is 3.10. The van der Waals surface area contributed by atoms with Crippen LogP contribution in [0.4, 0.5) is 0 Å². The predicted octanol–water partition coefficient (Wildman–Crippen LogP) is 4.33. The van der Waals surface area contributed by atoms with Gasteiger partial charge >= 0.3 is 0 Å². The Morgan fingerprint density at radius 3 is 3.00 bits per heavy atom. The van der Waals surface area contributed by atoms with Gasteiger partial charge in [0.1, 0.15) is 0 Å². The molecule has 0 saturated carbocycles. The summed E-state index contributed by atoms with van der Waals surface area (Å²) in [6, 6.07) is 0. The van der Waals surface area contributed by atoms with Crippen LogP contribution in [0.25, 0.3) is 6.08 Å². The van der Waals surface area contributed by atoms with E-state index in [1.807, 2.05) is 23.1 Å². The lowest BCUT2D eigenvalue weighted by molar-refractivity contribution is 1.09. The van der Waals surface area contributed by atoms with Gasteiger partial charge in [-0.2, -0.15) is 0 Å². The van der Waals surface area contributed by atoms with Crippen molar-refractivity contribution in [3.63, 3.8) is 0 Å². The predicted molar refractivity (Wildman–Crippen MR) is 69.1 cm³/mol. The first-order valence-corrected chi connectivity index (χ1v) is 7.12. The Bertz CT molecular complexity index is 441. The van der Waals surface area contributed by atoms with E-state index >= 15 is 0 Å². The van der Waals surface area contributed by atoms with Crippen LogP contribution in [-0.2, 0) is 12.8 Å².